The number of nitrogens with zero attached hydrogens (tertiary/aromatic N) is 2. The fourth-order valence-electron chi connectivity index (χ4n) is 3.15. The molecule has 0 aromatic carbocycles. The Morgan fingerprint density at radius 3 is 2.90 bits per heavy atom. The van der Waals surface area contributed by atoms with Crippen LogP contribution in [0.2, 0.25) is 0 Å². The minimum atomic E-state index is -0.759. The van der Waals surface area contributed by atoms with Gasteiger partial charge in [-0.05, 0) is 43.7 Å². The molecule has 0 saturated carbocycles. The smallest absolute Gasteiger partial charge is 0.303 e. The fraction of sp³-hybridized carbons (Fsp3) is 0.625. The Labute approximate surface area is 125 Å². The van der Waals surface area contributed by atoms with Gasteiger partial charge >= 0.3 is 5.97 Å². The van der Waals surface area contributed by atoms with E-state index in [0.717, 1.165) is 31.6 Å². The average Bonchev–Trinajstić information content (AvgIpc) is 2.94. The van der Waals surface area contributed by atoms with Crippen LogP contribution >= 0.6 is 0 Å². The summed E-state index contributed by atoms with van der Waals surface area (Å²) >= 11 is 0. The van der Waals surface area contributed by atoms with Gasteiger partial charge in [0.25, 0.3) is 5.91 Å². The van der Waals surface area contributed by atoms with E-state index in [0.29, 0.717) is 6.54 Å². The predicted octanol–water partition coefficient (Wildman–Crippen LogP) is 2.47. The summed E-state index contributed by atoms with van der Waals surface area (Å²) in [5.74, 6) is -0.306. The maximum atomic E-state index is 12.6. The van der Waals surface area contributed by atoms with Crippen molar-refractivity contribution in [3.63, 3.8) is 0 Å². The molecule has 1 saturated heterocycles. The third-order valence-electron chi connectivity index (χ3n) is 4.44. The molecule has 0 aliphatic carbocycles. The highest BCUT2D eigenvalue weighted by molar-refractivity contribution is 5.92. The molecule has 2 rings (SSSR count). The van der Waals surface area contributed by atoms with Crippen LogP contribution in [0.3, 0.4) is 0 Å². The van der Waals surface area contributed by atoms with E-state index in [9.17, 15) is 9.59 Å². The van der Waals surface area contributed by atoms with Crippen molar-refractivity contribution in [2.24, 2.45) is 11.8 Å². The van der Waals surface area contributed by atoms with Crippen LogP contribution in [0.15, 0.2) is 18.3 Å². The zero-order chi connectivity index (χ0) is 15.4. The summed E-state index contributed by atoms with van der Waals surface area (Å²) in [7, 11) is 0. The number of likely N-dealkylation sites (tertiary alicyclic amines) is 1. The lowest BCUT2D eigenvalue weighted by molar-refractivity contribution is -0.138. The number of aryl methyl sites for hydroxylation is 1. The number of carboxylic acid groups (broad SMARTS) is 1. The van der Waals surface area contributed by atoms with Crippen LogP contribution in [0.5, 0.6) is 0 Å². The SMILES string of the molecule is CCn1cccc1C(=O)N1CCCC(C(C)CC(=O)O)C1. The topological polar surface area (TPSA) is 62.5 Å². The zero-order valence-corrected chi connectivity index (χ0v) is 12.8. The first kappa shape index (κ1) is 15.6. The number of rotatable bonds is 5. The number of carboxylic acids is 1. The van der Waals surface area contributed by atoms with E-state index in [4.69, 9.17) is 5.11 Å². The van der Waals surface area contributed by atoms with E-state index >= 15 is 0 Å². The Hall–Kier alpha value is -1.78. The lowest BCUT2D eigenvalue weighted by Crippen LogP contribution is -2.42. The standard InChI is InChI=1S/C16H24N2O3/c1-3-17-8-5-7-14(17)16(21)18-9-4-6-13(11-18)12(2)10-15(19)20/h5,7-8,12-13H,3-4,6,9-11H2,1-2H3,(H,19,20). The molecule has 1 aromatic heterocycles. The number of amides is 1. The normalized spacial score (nSPS) is 20.3. The molecule has 0 radical (unpaired) electrons. The first-order valence-corrected chi connectivity index (χ1v) is 7.69. The number of aromatic nitrogens is 1. The number of carbonyl (C=O) groups is 2. The molecule has 116 valence electrons. The summed E-state index contributed by atoms with van der Waals surface area (Å²) in [6.45, 7) is 6.21. The van der Waals surface area contributed by atoms with Crippen molar-refractivity contribution in [2.75, 3.05) is 13.1 Å². The molecular weight excluding hydrogens is 268 g/mol. The van der Waals surface area contributed by atoms with Crippen molar-refractivity contribution in [3.05, 3.63) is 24.0 Å². The Bertz CT molecular complexity index is 509. The second-order valence-electron chi connectivity index (χ2n) is 5.91. The van der Waals surface area contributed by atoms with Gasteiger partial charge in [0.2, 0.25) is 0 Å². The van der Waals surface area contributed by atoms with E-state index in [1.807, 2.05) is 41.6 Å². The quantitative estimate of drug-likeness (QED) is 0.907. The summed E-state index contributed by atoms with van der Waals surface area (Å²) < 4.78 is 1.95. The Kier molecular flexibility index (Phi) is 5.04. The van der Waals surface area contributed by atoms with Crippen molar-refractivity contribution in [1.82, 2.24) is 9.47 Å². The molecule has 5 nitrogen and oxygen atoms in total. The first-order valence-electron chi connectivity index (χ1n) is 7.69. The maximum absolute atomic E-state index is 12.6. The third kappa shape index (κ3) is 3.65. The highest BCUT2D eigenvalue weighted by Gasteiger charge is 2.29. The van der Waals surface area contributed by atoms with Crippen molar-refractivity contribution >= 4 is 11.9 Å². The van der Waals surface area contributed by atoms with Crippen molar-refractivity contribution in [2.45, 2.75) is 39.7 Å². The number of hydrogen-bond acceptors (Lipinski definition) is 2. The lowest BCUT2D eigenvalue weighted by Gasteiger charge is -2.35. The molecule has 0 spiro atoms. The van der Waals surface area contributed by atoms with Gasteiger partial charge in [0.15, 0.2) is 0 Å². The molecule has 1 amide bonds. The summed E-state index contributed by atoms with van der Waals surface area (Å²) in [5, 5.41) is 8.92. The van der Waals surface area contributed by atoms with Crippen molar-refractivity contribution < 1.29 is 14.7 Å². The summed E-state index contributed by atoms with van der Waals surface area (Å²) in [6, 6.07) is 3.75. The molecule has 1 aliphatic rings. The molecule has 1 aromatic rings. The predicted molar refractivity (Wildman–Crippen MR) is 80.2 cm³/mol. The summed E-state index contributed by atoms with van der Waals surface area (Å²) in [4.78, 5) is 25.4. The van der Waals surface area contributed by atoms with Gasteiger partial charge in [-0.1, -0.05) is 6.92 Å². The minimum absolute atomic E-state index is 0.0640. The Morgan fingerprint density at radius 2 is 2.24 bits per heavy atom. The average molecular weight is 292 g/mol. The van der Waals surface area contributed by atoms with Gasteiger partial charge in [-0.2, -0.15) is 0 Å². The first-order chi connectivity index (χ1) is 10.0. The summed E-state index contributed by atoms with van der Waals surface area (Å²) in [6.07, 6.45) is 4.06. The van der Waals surface area contributed by atoms with Crippen LogP contribution in [-0.2, 0) is 11.3 Å². The molecule has 2 atom stereocenters. The molecule has 1 fully saturated rings. The van der Waals surface area contributed by atoms with Gasteiger partial charge in [0, 0.05) is 32.3 Å². The van der Waals surface area contributed by atoms with E-state index in [1.165, 1.54) is 0 Å². The van der Waals surface area contributed by atoms with Crippen LogP contribution in [0.1, 0.15) is 43.6 Å². The molecule has 1 aliphatic heterocycles. The Balaban J connectivity index is 2.03. The third-order valence-corrected chi connectivity index (χ3v) is 4.44. The van der Waals surface area contributed by atoms with Crippen LogP contribution in [0.4, 0.5) is 0 Å². The number of piperidine rings is 1. The molecule has 2 heterocycles. The maximum Gasteiger partial charge on any atom is 0.303 e. The monoisotopic (exact) mass is 292 g/mol. The van der Waals surface area contributed by atoms with Crippen LogP contribution in [-0.4, -0.2) is 39.5 Å². The van der Waals surface area contributed by atoms with E-state index in [-0.39, 0.29) is 24.2 Å². The van der Waals surface area contributed by atoms with Crippen LogP contribution in [0.25, 0.3) is 0 Å². The number of aliphatic carboxylic acids is 1. The molecule has 1 N–H and O–H groups in total. The van der Waals surface area contributed by atoms with E-state index in [2.05, 4.69) is 0 Å². The second-order valence-corrected chi connectivity index (χ2v) is 5.91. The molecule has 21 heavy (non-hydrogen) atoms. The van der Waals surface area contributed by atoms with Gasteiger partial charge in [0.1, 0.15) is 5.69 Å². The second kappa shape index (κ2) is 6.78. The van der Waals surface area contributed by atoms with Gasteiger partial charge in [-0.15, -0.1) is 0 Å². The molecule has 0 bridgehead atoms. The zero-order valence-electron chi connectivity index (χ0n) is 12.8. The highest BCUT2D eigenvalue weighted by atomic mass is 16.4. The van der Waals surface area contributed by atoms with Crippen LogP contribution in [0, 0.1) is 11.8 Å². The molecular formula is C16H24N2O3. The summed E-state index contributed by atoms with van der Waals surface area (Å²) in [5.41, 5.74) is 0.726. The Morgan fingerprint density at radius 1 is 1.48 bits per heavy atom. The molecule has 5 heteroatoms. The highest BCUT2D eigenvalue weighted by Crippen LogP contribution is 2.27. The van der Waals surface area contributed by atoms with E-state index in [1.54, 1.807) is 0 Å². The van der Waals surface area contributed by atoms with Crippen molar-refractivity contribution in [3.8, 4) is 0 Å². The number of hydrogen-bond donors (Lipinski definition) is 1. The lowest BCUT2D eigenvalue weighted by atomic mass is 9.84. The fourth-order valence-corrected chi connectivity index (χ4v) is 3.15. The van der Waals surface area contributed by atoms with Gasteiger partial charge in [-0.3, -0.25) is 9.59 Å². The largest absolute Gasteiger partial charge is 0.481 e. The molecule has 2 unspecified atom stereocenters. The van der Waals surface area contributed by atoms with Crippen molar-refractivity contribution in [1.29, 1.82) is 0 Å². The van der Waals surface area contributed by atoms with Gasteiger partial charge < -0.3 is 14.6 Å². The van der Waals surface area contributed by atoms with E-state index < -0.39 is 5.97 Å². The van der Waals surface area contributed by atoms with Gasteiger partial charge in [0.05, 0.1) is 0 Å². The number of carbonyl (C=O) groups excluding carboxylic acids is 1. The van der Waals surface area contributed by atoms with Crippen LogP contribution < -0.4 is 0 Å². The minimum Gasteiger partial charge on any atom is -0.481 e. The van der Waals surface area contributed by atoms with Gasteiger partial charge in [-0.25, -0.2) is 0 Å².